The second kappa shape index (κ2) is 3.92. The third-order valence-corrected chi connectivity index (χ3v) is 2.33. The van der Waals surface area contributed by atoms with Crippen molar-refractivity contribution in [2.45, 2.75) is 25.0 Å². The van der Waals surface area contributed by atoms with E-state index >= 15 is 0 Å². The molecule has 0 spiro atoms. The van der Waals surface area contributed by atoms with Gasteiger partial charge in [0.05, 0.1) is 0 Å². The predicted molar refractivity (Wildman–Crippen MR) is 51.1 cm³/mol. The molecular weight excluding hydrogens is 178 g/mol. The quantitative estimate of drug-likeness (QED) is 0.706. The van der Waals surface area contributed by atoms with Crippen LogP contribution < -0.4 is 5.73 Å². The largest absolute Gasteiger partial charge is 0.374 e. The molecule has 0 amide bonds. The van der Waals surface area contributed by atoms with Crippen LogP contribution in [0.3, 0.4) is 0 Å². The number of aryl methyl sites for hydroxylation is 1. The lowest BCUT2D eigenvalue weighted by atomic mass is 10.2. The first-order valence-electron chi connectivity index (χ1n) is 3.44. The van der Waals surface area contributed by atoms with Crippen LogP contribution in [0.5, 0.6) is 0 Å². The van der Waals surface area contributed by atoms with Crippen LogP contribution in [0.15, 0.2) is 0 Å². The topological polar surface area (TPSA) is 51.8 Å². The van der Waals surface area contributed by atoms with Gasteiger partial charge in [-0.2, -0.15) is 12.6 Å². The highest BCUT2D eigenvalue weighted by atomic mass is 32.1. The van der Waals surface area contributed by atoms with Crippen LogP contribution in [0, 0.1) is 0 Å². The van der Waals surface area contributed by atoms with Gasteiger partial charge in [0.1, 0.15) is 5.01 Å². The molecule has 1 unspecified atom stereocenters. The summed E-state index contributed by atoms with van der Waals surface area (Å²) in [4.78, 5) is 0. The molecule has 0 fully saturated rings. The molecular formula is C6H11N3S2. The molecule has 0 radical (unpaired) electrons. The van der Waals surface area contributed by atoms with Gasteiger partial charge in [-0.3, -0.25) is 0 Å². The summed E-state index contributed by atoms with van der Waals surface area (Å²) in [6.07, 6.45) is 1.96. The van der Waals surface area contributed by atoms with Crippen LogP contribution in [0.25, 0.3) is 0 Å². The summed E-state index contributed by atoms with van der Waals surface area (Å²) in [5, 5.41) is 9.58. The predicted octanol–water partition coefficient (Wildman–Crippen LogP) is 1.37. The van der Waals surface area contributed by atoms with Gasteiger partial charge in [0, 0.05) is 6.42 Å². The van der Waals surface area contributed by atoms with E-state index in [0.717, 1.165) is 17.8 Å². The molecule has 3 nitrogen and oxygen atoms in total. The Kier molecular flexibility index (Phi) is 3.14. The Morgan fingerprint density at radius 2 is 2.36 bits per heavy atom. The Morgan fingerprint density at radius 1 is 1.64 bits per heavy atom. The first-order chi connectivity index (χ1) is 5.18. The van der Waals surface area contributed by atoms with Gasteiger partial charge >= 0.3 is 0 Å². The SMILES string of the molecule is CC(S)CCc1nnc(N)s1. The third kappa shape index (κ3) is 3.07. The van der Waals surface area contributed by atoms with E-state index in [2.05, 4.69) is 29.7 Å². The van der Waals surface area contributed by atoms with Gasteiger partial charge in [-0.25, -0.2) is 0 Å². The second-order valence-corrected chi connectivity index (χ2v) is 4.40. The van der Waals surface area contributed by atoms with Gasteiger partial charge < -0.3 is 5.73 Å². The number of nitrogens with zero attached hydrogens (tertiary/aromatic N) is 2. The molecule has 0 aliphatic rings. The van der Waals surface area contributed by atoms with Crippen LogP contribution in [-0.2, 0) is 6.42 Å². The van der Waals surface area contributed by atoms with Crippen LogP contribution in [0.1, 0.15) is 18.4 Å². The number of nitrogens with two attached hydrogens (primary N) is 1. The smallest absolute Gasteiger partial charge is 0.203 e. The molecule has 62 valence electrons. The lowest BCUT2D eigenvalue weighted by molar-refractivity contribution is 0.798. The summed E-state index contributed by atoms with van der Waals surface area (Å²) in [5.41, 5.74) is 5.41. The molecule has 1 aromatic rings. The van der Waals surface area contributed by atoms with E-state index < -0.39 is 0 Å². The van der Waals surface area contributed by atoms with Gasteiger partial charge in [-0.1, -0.05) is 18.3 Å². The molecule has 1 aromatic heterocycles. The van der Waals surface area contributed by atoms with Crippen molar-refractivity contribution in [1.29, 1.82) is 0 Å². The van der Waals surface area contributed by atoms with E-state index in [4.69, 9.17) is 5.73 Å². The summed E-state index contributed by atoms with van der Waals surface area (Å²) in [6.45, 7) is 2.06. The van der Waals surface area contributed by atoms with Crippen molar-refractivity contribution in [2.75, 3.05) is 5.73 Å². The summed E-state index contributed by atoms with van der Waals surface area (Å²) >= 11 is 5.71. The van der Waals surface area contributed by atoms with Crippen molar-refractivity contribution in [2.24, 2.45) is 0 Å². The molecule has 1 heterocycles. The van der Waals surface area contributed by atoms with E-state index in [1.54, 1.807) is 0 Å². The van der Waals surface area contributed by atoms with E-state index in [1.807, 2.05) is 0 Å². The Balaban J connectivity index is 2.39. The molecule has 0 bridgehead atoms. The number of thiol groups is 1. The van der Waals surface area contributed by atoms with Gasteiger partial charge in [0.15, 0.2) is 0 Å². The second-order valence-electron chi connectivity index (χ2n) is 2.42. The molecule has 1 atom stereocenters. The Hall–Kier alpha value is -0.290. The van der Waals surface area contributed by atoms with E-state index in [0.29, 0.717) is 10.4 Å². The highest BCUT2D eigenvalue weighted by Gasteiger charge is 2.01. The fraction of sp³-hybridized carbons (Fsp3) is 0.667. The molecule has 5 heteroatoms. The van der Waals surface area contributed by atoms with Crippen molar-refractivity contribution in [1.82, 2.24) is 10.2 Å². The zero-order valence-electron chi connectivity index (χ0n) is 6.32. The van der Waals surface area contributed by atoms with Crippen molar-refractivity contribution in [3.05, 3.63) is 5.01 Å². The Morgan fingerprint density at radius 3 is 2.82 bits per heavy atom. The highest BCUT2D eigenvalue weighted by Crippen LogP contribution is 2.14. The van der Waals surface area contributed by atoms with Crippen LogP contribution in [0.4, 0.5) is 5.13 Å². The zero-order chi connectivity index (χ0) is 8.27. The highest BCUT2D eigenvalue weighted by molar-refractivity contribution is 7.80. The minimum absolute atomic E-state index is 0.417. The van der Waals surface area contributed by atoms with Gasteiger partial charge in [-0.05, 0) is 11.7 Å². The number of hydrogen-bond donors (Lipinski definition) is 2. The zero-order valence-corrected chi connectivity index (χ0v) is 8.03. The summed E-state index contributed by atoms with van der Waals surface area (Å²) < 4.78 is 0. The maximum absolute atomic E-state index is 5.41. The standard InChI is InChI=1S/C6H11N3S2/c1-4(10)2-3-5-8-9-6(7)11-5/h4,10H,2-3H2,1H3,(H2,7,9). The fourth-order valence-corrected chi connectivity index (χ4v) is 1.45. The summed E-state index contributed by atoms with van der Waals surface area (Å²) in [7, 11) is 0. The van der Waals surface area contributed by atoms with Crippen molar-refractivity contribution in [3.63, 3.8) is 0 Å². The van der Waals surface area contributed by atoms with Crippen molar-refractivity contribution >= 4 is 29.1 Å². The molecule has 1 rings (SSSR count). The summed E-state index contributed by atoms with van der Waals surface area (Å²) in [6, 6.07) is 0. The number of hydrogen-bond acceptors (Lipinski definition) is 5. The molecule has 0 saturated carbocycles. The van der Waals surface area contributed by atoms with Crippen molar-refractivity contribution < 1.29 is 0 Å². The van der Waals surface area contributed by atoms with E-state index in [9.17, 15) is 0 Å². The first kappa shape index (κ1) is 8.80. The minimum atomic E-state index is 0.417. The maximum atomic E-state index is 5.41. The minimum Gasteiger partial charge on any atom is -0.374 e. The molecule has 0 saturated heterocycles. The normalized spacial score (nSPS) is 13.3. The van der Waals surface area contributed by atoms with Gasteiger partial charge in [0.25, 0.3) is 0 Å². The number of anilines is 1. The van der Waals surface area contributed by atoms with Crippen LogP contribution in [0.2, 0.25) is 0 Å². The third-order valence-electron chi connectivity index (χ3n) is 1.26. The molecule has 11 heavy (non-hydrogen) atoms. The Labute approximate surface area is 75.4 Å². The Bertz CT molecular complexity index is 221. The van der Waals surface area contributed by atoms with Crippen molar-refractivity contribution in [3.8, 4) is 0 Å². The van der Waals surface area contributed by atoms with E-state index in [1.165, 1.54) is 11.3 Å². The average Bonchev–Trinajstić information content (AvgIpc) is 2.31. The van der Waals surface area contributed by atoms with E-state index in [-0.39, 0.29) is 0 Å². The number of nitrogen functional groups attached to an aromatic ring is 1. The lowest BCUT2D eigenvalue weighted by Gasteiger charge is -1.98. The lowest BCUT2D eigenvalue weighted by Crippen LogP contribution is -1.93. The molecule has 2 N–H and O–H groups in total. The number of aromatic nitrogens is 2. The maximum Gasteiger partial charge on any atom is 0.203 e. The first-order valence-corrected chi connectivity index (χ1v) is 4.77. The fourth-order valence-electron chi connectivity index (χ4n) is 0.700. The molecule has 0 aromatic carbocycles. The monoisotopic (exact) mass is 189 g/mol. The van der Waals surface area contributed by atoms with Gasteiger partial charge in [-0.15, -0.1) is 10.2 Å². The number of rotatable bonds is 3. The molecule has 0 aliphatic carbocycles. The van der Waals surface area contributed by atoms with Gasteiger partial charge in [0.2, 0.25) is 5.13 Å². The average molecular weight is 189 g/mol. The van der Waals surface area contributed by atoms with Crippen LogP contribution in [-0.4, -0.2) is 15.4 Å². The summed E-state index contributed by atoms with van der Waals surface area (Å²) in [5.74, 6) is 0. The van der Waals surface area contributed by atoms with Crippen LogP contribution >= 0.6 is 24.0 Å². The molecule has 0 aliphatic heterocycles.